The molecular formula is C45H83N3. The largest absolute Gasteiger partial charge is 0.367 e. The van der Waals surface area contributed by atoms with Crippen molar-refractivity contribution < 1.29 is 0 Å². The Bertz CT molecular complexity index is 783. The molecule has 0 spiro atoms. The second-order valence-electron chi connectivity index (χ2n) is 15.5. The van der Waals surface area contributed by atoms with Crippen molar-refractivity contribution in [1.29, 1.82) is 0 Å². The van der Waals surface area contributed by atoms with Crippen molar-refractivity contribution >= 4 is 5.84 Å². The molecule has 0 bridgehead atoms. The summed E-state index contributed by atoms with van der Waals surface area (Å²) in [6.45, 7) is 7.85. The highest BCUT2D eigenvalue weighted by Gasteiger charge is 2.17. The van der Waals surface area contributed by atoms with Crippen LogP contribution in [-0.4, -0.2) is 36.5 Å². The Morgan fingerprint density at radius 3 is 1.25 bits per heavy atom. The third-order valence-electron chi connectivity index (χ3n) is 10.8. The van der Waals surface area contributed by atoms with E-state index in [1.807, 2.05) is 0 Å². The van der Waals surface area contributed by atoms with E-state index in [9.17, 15) is 0 Å². The smallest absolute Gasteiger partial charge is 0.129 e. The molecular weight excluding hydrogens is 583 g/mol. The zero-order valence-corrected chi connectivity index (χ0v) is 32.6. The molecule has 0 aliphatic heterocycles. The van der Waals surface area contributed by atoms with Gasteiger partial charge < -0.3 is 5.32 Å². The van der Waals surface area contributed by atoms with Crippen molar-refractivity contribution in [1.82, 2.24) is 10.2 Å². The van der Waals surface area contributed by atoms with Crippen LogP contribution in [0.25, 0.3) is 0 Å². The van der Waals surface area contributed by atoms with Gasteiger partial charge in [0.25, 0.3) is 0 Å². The normalized spacial score (nSPS) is 14.0. The molecule has 1 N–H and O–H groups in total. The van der Waals surface area contributed by atoms with Gasteiger partial charge in [-0.15, -0.1) is 0 Å². The number of hydrogen-bond acceptors (Lipinski definition) is 2. The number of hydrogen-bond donors (Lipinski definition) is 1. The summed E-state index contributed by atoms with van der Waals surface area (Å²) >= 11 is 0. The molecule has 0 aromatic heterocycles. The monoisotopic (exact) mass is 666 g/mol. The van der Waals surface area contributed by atoms with Gasteiger partial charge in [0, 0.05) is 11.6 Å². The van der Waals surface area contributed by atoms with Gasteiger partial charge >= 0.3 is 0 Å². The number of rotatable bonds is 34. The number of aliphatic imine (C=N–C) groups is 1. The minimum absolute atomic E-state index is 0.592. The Hall–Kier alpha value is -1.35. The van der Waals surface area contributed by atoms with Crippen LogP contribution in [0.15, 0.2) is 35.3 Å². The third-order valence-corrected chi connectivity index (χ3v) is 10.8. The lowest BCUT2D eigenvalue weighted by Gasteiger charge is -2.22. The average molecular weight is 666 g/mol. The number of amidine groups is 1. The first-order chi connectivity index (χ1) is 23.8. The molecule has 1 aliphatic carbocycles. The Morgan fingerprint density at radius 2 is 0.875 bits per heavy atom. The van der Waals surface area contributed by atoms with E-state index in [0.29, 0.717) is 6.04 Å². The van der Waals surface area contributed by atoms with Crippen LogP contribution in [0, 0.1) is 0 Å². The summed E-state index contributed by atoms with van der Waals surface area (Å²) in [5, 5.41) is 3.85. The average Bonchev–Trinajstić information content (AvgIpc) is 3.63. The second kappa shape index (κ2) is 32.8. The van der Waals surface area contributed by atoms with Crippen LogP contribution >= 0.6 is 0 Å². The number of nitrogens with one attached hydrogen (secondary N) is 1. The van der Waals surface area contributed by atoms with E-state index in [1.54, 1.807) is 0 Å². The first-order valence-electron chi connectivity index (χ1n) is 21.9. The van der Waals surface area contributed by atoms with E-state index in [4.69, 9.17) is 4.99 Å². The molecule has 1 aliphatic rings. The van der Waals surface area contributed by atoms with Crippen LogP contribution in [-0.2, 0) is 0 Å². The van der Waals surface area contributed by atoms with Crippen LogP contribution < -0.4 is 5.32 Å². The summed E-state index contributed by atoms with van der Waals surface area (Å²) in [4.78, 5) is 7.93. The van der Waals surface area contributed by atoms with Gasteiger partial charge in [-0.2, -0.15) is 0 Å². The number of nitrogens with zero attached hydrogens (tertiary/aromatic N) is 2. The first-order valence-corrected chi connectivity index (χ1v) is 21.9. The molecule has 1 saturated carbocycles. The molecule has 1 aromatic carbocycles. The predicted molar refractivity (Wildman–Crippen MR) is 215 cm³/mol. The van der Waals surface area contributed by atoms with Crippen molar-refractivity contribution in [2.75, 3.05) is 19.8 Å². The van der Waals surface area contributed by atoms with Crippen LogP contribution in [0.2, 0.25) is 0 Å². The molecule has 278 valence electrons. The molecule has 0 unspecified atom stereocenters. The molecule has 48 heavy (non-hydrogen) atoms. The van der Waals surface area contributed by atoms with Crippen molar-refractivity contribution in [3.8, 4) is 0 Å². The summed E-state index contributed by atoms with van der Waals surface area (Å²) in [7, 11) is 0. The minimum atomic E-state index is 0.592. The summed E-state index contributed by atoms with van der Waals surface area (Å²) in [6, 6.07) is 11.5. The fourth-order valence-electron chi connectivity index (χ4n) is 7.56. The van der Waals surface area contributed by atoms with Gasteiger partial charge in [0.1, 0.15) is 5.84 Å². The minimum Gasteiger partial charge on any atom is -0.367 e. The summed E-state index contributed by atoms with van der Waals surface area (Å²) < 4.78 is 0. The van der Waals surface area contributed by atoms with Crippen molar-refractivity contribution in [3.05, 3.63) is 35.9 Å². The molecule has 3 heteroatoms. The van der Waals surface area contributed by atoms with Crippen LogP contribution in [0.4, 0.5) is 0 Å². The van der Waals surface area contributed by atoms with Gasteiger partial charge in [0.15, 0.2) is 0 Å². The molecule has 0 heterocycles. The Labute approximate surface area is 301 Å². The third kappa shape index (κ3) is 24.7. The first kappa shape index (κ1) is 42.8. The molecule has 0 radical (unpaired) electrons. The maximum atomic E-state index is 5.26. The van der Waals surface area contributed by atoms with Gasteiger partial charge in [-0.3, -0.25) is 9.89 Å². The Morgan fingerprint density at radius 1 is 0.521 bits per heavy atom. The van der Waals surface area contributed by atoms with E-state index in [1.165, 1.54) is 224 Å². The van der Waals surface area contributed by atoms with Gasteiger partial charge in [-0.05, 0) is 38.8 Å². The highest BCUT2D eigenvalue weighted by atomic mass is 15.2. The molecule has 1 fully saturated rings. The van der Waals surface area contributed by atoms with E-state index in [0.717, 1.165) is 12.5 Å². The van der Waals surface area contributed by atoms with Crippen LogP contribution in [0.1, 0.15) is 225 Å². The number of benzene rings is 1. The molecule has 0 atom stereocenters. The Balaban J connectivity index is 1.66. The summed E-state index contributed by atoms with van der Waals surface area (Å²) in [5.41, 5.74) is 1.25. The fraction of sp³-hybridized carbons (Fsp3) is 0.844. The van der Waals surface area contributed by atoms with Crippen molar-refractivity contribution in [3.63, 3.8) is 0 Å². The zero-order chi connectivity index (χ0) is 34.0. The maximum Gasteiger partial charge on any atom is 0.129 e. The highest BCUT2D eigenvalue weighted by molar-refractivity contribution is 5.98. The zero-order valence-electron chi connectivity index (χ0n) is 32.6. The highest BCUT2D eigenvalue weighted by Crippen LogP contribution is 2.19. The fourth-order valence-corrected chi connectivity index (χ4v) is 7.56. The molecule has 1 aromatic rings. The quantitative estimate of drug-likeness (QED) is 0.0451. The maximum absolute atomic E-state index is 5.26. The van der Waals surface area contributed by atoms with Crippen LogP contribution in [0.3, 0.4) is 0 Å². The molecule has 3 nitrogen and oxygen atoms in total. The Kier molecular flexibility index (Phi) is 29.3. The lowest BCUT2D eigenvalue weighted by molar-refractivity contribution is 0.268. The van der Waals surface area contributed by atoms with E-state index < -0.39 is 0 Å². The van der Waals surface area contributed by atoms with E-state index in [-0.39, 0.29) is 0 Å². The van der Waals surface area contributed by atoms with Gasteiger partial charge in [-0.25, -0.2) is 0 Å². The lowest BCUT2D eigenvalue weighted by Crippen LogP contribution is -2.35. The molecule has 0 amide bonds. The predicted octanol–water partition coefficient (Wildman–Crippen LogP) is 14.2. The van der Waals surface area contributed by atoms with Crippen molar-refractivity contribution in [2.45, 2.75) is 225 Å². The van der Waals surface area contributed by atoms with Gasteiger partial charge in [-0.1, -0.05) is 224 Å². The molecule has 0 saturated heterocycles. The van der Waals surface area contributed by atoms with Crippen molar-refractivity contribution in [2.24, 2.45) is 4.99 Å². The van der Waals surface area contributed by atoms with Gasteiger partial charge in [0.2, 0.25) is 0 Å². The second-order valence-corrected chi connectivity index (χ2v) is 15.5. The summed E-state index contributed by atoms with van der Waals surface area (Å²) in [6.07, 6.45) is 45.2. The lowest BCUT2D eigenvalue weighted by atomic mass is 10.0. The van der Waals surface area contributed by atoms with Crippen LogP contribution in [0.5, 0.6) is 0 Å². The SMILES string of the molecule is CCCCCCCCCCCCCCCCN(CCCCCCCCCCCCCCCC)CN=C(NC1CCCC1)c1ccccc1. The number of unbranched alkanes of at least 4 members (excludes halogenated alkanes) is 26. The van der Waals surface area contributed by atoms with E-state index in [2.05, 4.69) is 54.4 Å². The van der Waals surface area contributed by atoms with E-state index >= 15 is 0 Å². The van der Waals surface area contributed by atoms with Gasteiger partial charge in [0.05, 0.1) is 6.67 Å². The topological polar surface area (TPSA) is 27.6 Å². The summed E-state index contributed by atoms with van der Waals surface area (Å²) in [5.74, 6) is 1.12. The molecule has 2 rings (SSSR count). The standard InChI is InChI=1S/C45H83N3/c1-3-5-7-9-11-13-15-17-19-21-23-25-27-34-40-48(41-35-28-26-24-22-20-18-16-14-12-10-8-6-4-2)42-46-45(43-36-30-29-31-37-43)47-44-38-32-33-39-44/h29-31,36-37,44H,3-28,32-35,38-42H2,1-2H3,(H,46,47).